The number of hydrogen-bond donors (Lipinski definition) is 0. The zero-order valence-electron chi connectivity index (χ0n) is 9.71. The first-order chi connectivity index (χ1) is 7.38. The second-order valence-corrected chi connectivity index (χ2v) is 8.25. The molecule has 0 amide bonds. The van der Waals surface area contributed by atoms with Gasteiger partial charge in [-0.1, -0.05) is 32.4 Å². The molecule has 0 aliphatic rings. The molecule has 0 aromatic carbocycles. The molecular weight excluding hydrogens is 352 g/mol. The minimum absolute atomic E-state index is 0.172. The summed E-state index contributed by atoms with van der Waals surface area (Å²) < 4.78 is 14.2. The second kappa shape index (κ2) is 6.41. The van der Waals surface area contributed by atoms with Crippen LogP contribution < -0.4 is 0 Å². The average Bonchev–Trinajstić information content (AvgIpc) is 2.12. The summed E-state index contributed by atoms with van der Waals surface area (Å²) in [5.41, 5.74) is -0.172. The molecule has 0 saturated carbocycles. The van der Waals surface area contributed by atoms with Crippen molar-refractivity contribution >= 4 is 69.6 Å². The summed E-state index contributed by atoms with van der Waals surface area (Å²) in [6.45, 7) is 5.81. The lowest BCUT2D eigenvalue weighted by Crippen LogP contribution is -2.56. The number of alkyl halides is 7. The van der Waals surface area contributed by atoms with Gasteiger partial charge in [-0.2, -0.15) is 0 Å². The summed E-state index contributed by atoms with van der Waals surface area (Å²) in [6, 6.07) is 0. The van der Waals surface area contributed by atoms with Gasteiger partial charge < -0.3 is 0 Å². The Labute approximate surface area is 132 Å². The minimum atomic E-state index is -2.48. The van der Waals surface area contributed by atoms with Crippen LogP contribution in [0.2, 0.25) is 0 Å². The van der Waals surface area contributed by atoms with E-state index in [1.54, 1.807) is 0 Å². The smallest absolute Gasteiger partial charge is 0.219 e. The number of rotatable bonds is 5. The molecule has 17 heavy (non-hydrogen) atoms. The van der Waals surface area contributed by atoms with E-state index in [-0.39, 0.29) is 5.41 Å². The van der Waals surface area contributed by atoms with Gasteiger partial charge in [-0.05, 0) is 11.8 Å². The molecule has 0 aromatic heterocycles. The maximum Gasteiger partial charge on any atom is 0.219 e. The molecular formula is C10H15Cl6F. The summed E-state index contributed by atoms with van der Waals surface area (Å²) in [6.07, 6.45) is 0.392. The summed E-state index contributed by atoms with van der Waals surface area (Å²) in [5.74, 6) is -0.554. The van der Waals surface area contributed by atoms with Crippen molar-refractivity contribution in [2.45, 2.75) is 47.4 Å². The fraction of sp³-hybridized carbons (Fsp3) is 1.00. The van der Waals surface area contributed by atoms with E-state index in [9.17, 15) is 4.39 Å². The first-order valence-corrected chi connectivity index (χ1v) is 7.53. The van der Waals surface area contributed by atoms with Crippen molar-refractivity contribution in [3.63, 3.8) is 0 Å². The van der Waals surface area contributed by atoms with Crippen molar-refractivity contribution in [1.82, 2.24) is 0 Å². The summed E-state index contributed by atoms with van der Waals surface area (Å²) in [4.78, 5) is -3.14. The first kappa shape index (κ1) is 18.7. The molecule has 0 radical (unpaired) electrons. The highest BCUT2D eigenvalue weighted by atomic mass is 35.5. The van der Waals surface area contributed by atoms with Gasteiger partial charge in [0.15, 0.2) is 0 Å². The summed E-state index contributed by atoms with van der Waals surface area (Å²) in [5, 5.41) is -3.34. The van der Waals surface area contributed by atoms with Crippen LogP contribution in [-0.2, 0) is 0 Å². The molecule has 0 aliphatic carbocycles. The minimum Gasteiger partial charge on any atom is -0.223 e. The SMILES string of the molecule is CC(C)(C)CC(Cl)C(Cl)(C(Cl)Cl)C(F)(Cl)CCl. The van der Waals surface area contributed by atoms with Gasteiger partial charge in [-0.15, -0.1) is 58.0 Å². The Morgan fingerprint density at radius 3 is 1.71 bits per heavy atom. The van der Waals surface area contributed by atoms with Crippen molar-refractivity contribution < 1.29 is 4.39 Å². The van der Waals surface area contributed by atoms with E-state index in [2.05, 4.69) is 0 Å². The molecule has 0 aromatic rings. The van der Waals surface area contributed by atoms with Crippen molar-refractivity contribution in [1.29, 1.82) is 0 Å². The van der Waals surface area contributed by atoms with E-state index in [1.807, 2.05) is 20.8 Å². The topological polar surface area (TPSA) is 0 Å². The second-order valence-electron chi connectivity index (χ2n) is 5.14. The van der Waals surface area contributed by atoms with E-state index in [1.165, 1.54) is 0 Å². The fourth-order valence-corrected chi connectivity index (χ4v) is 3.70. The quantitative estimate of drug-likeness (QED) is 0.527. The highest BCUT2D eigenvalue weighted by Crippen LogP contribution is 2.50. The molecule has 3 unspecified atom stereocenters. The first-order valence-electron chi connectivity index (χ1n) is 4.93. The largest absolute Gasteiger partial charge is 0.223 e. The van der Waals surface area contributed by atoms with Crippen LogP contribution >= 0.6 is 69.6 Å². The third-order valence-electron chi connectivity index (χ3n) is 2.29. The van der Waals surface area contributed by atoms with Crippen LogP contribution in [0.1, 0.15) is 27.2 Å². The molecule has 7 heteroatoms. The van der Waals surface area contributed by atoms with E-state index in [0.717, 1.165) is 0 Å². The van der Waals surface area contributed by atoms with Crippen molar-refractivity contribution in [3.8, 4) is 0 Å². The predicted octanol–water partition coefficient (Wildman–Crippen LogP) is 5.95. The average molecular weight is 367 g/mol. The Morgan fingerprint density at radius 1 is 1.06 bits per heavy atom. The van der Waals surface area contributed by atoms with Crippen LogP contribution in [0.3, 0.4) is 0 Å². The lowest BCUT2D eigenvalue weighted by atomic mass is 9.85. The van der Waals surface area contributed by atoms with E-state index in [0.29, 0.717) is 6.42 Å². The maximum atomic E-state index is 14.2. The number of hydrogen-bond acceptors (Lipinski definition) is 0. The molecule has 0 N–H and O–H groups in total. The Morgan fingerprint density at radius 2 is 1.47 bits per heavy atom. The number of halogens is 7. The molecule has 0 heterocycles. The molecule has 0 fully saturated rings. The monoisotopic (exact) mass is 364 g/mol. The Balaban J connectivity index is 5.23. The van der Waals surface area contributed by atoms with Gasteiger partial charge in [0.1, 0.15) is 9.71 Å². The van der Waals surface area contributed by atoms with E-state index < -0.39 is 26.1 Å². The molecule has 0 bridgehead atoms. The Kier molecular flexibility index (Phi) is 7.04. The van der Waals surface area contributed by atoms with Gasteiger partial charge in [0.2, 0.25) is 5.13 Å². The molecule has 0 spiro atoms. The normalized spacial score (nSPS) is 22.1. The van der Waals surface area contributed by atoms with Gasteiger partial charge in [-0.3, -0.25) is 0 Å². The third kappa shape index (κ3) is 4.61. The van der Waals surface area contributed by atoms with Gasteiger partial charge in [0.25, 0.3) is 0 Å². The van der Waals surface area contributed by atoms with Crippen LogP contribution in [0.4, 0.5) is 4.39 Å². The van der Waals surface area contributed by atoms with Gasteiger partial charge in [0.05, 0.1) is 11.3 Å². The molecule has 104 valence electrons. The van der Waals surface area contributed by atoms with E-state index in [4.69, 9.17) is 69.6 Å². The van der Waals surface area contributed by atoms with Crippen molar-refractivity contribution in [3.05, 3.63) is 0 Å². The Bertz CT molecular complexity index is 250. The van der Waals surface area contributed by atoms with Crippen LogP contribution in [0.15, 0.2) is 0 Å². The fourth-order valence-electron chi connectivity index (χ4n) is 1.31. The van der Waals surface area contributed by atoms with E-state index >= 15 is 0 Å². The van der Waals surface area contributed by atoms with Crippen LogP contribution in [0.25, 0.3) is 0 Å². The highest BCUT2D eigenvalue weighted by molar-refractivity contribution is 6.53. The van der Waals surface area contributed by atoms with Gasteiger partial charge in [0, 0.05) is 0 Å². The molecule has 0 rings (SSSR count). The standard InChI is InChI=1S/C10H15Cl6F/c1-8(2,3)4-6(12)10(16,7(13)14)9(15,17)5-11/h6-7H,4-5H2,1-3H3. The highest BCUT2D eigenvalue weighted by Gasteiger charge is 2.59. The molecule has 3 atom stereocenters. The summed E-state index contributed by atoms with van der Waals surface area (Å²) in [7, 11) is 0. The van der Waals surface area contributed by atoms with Crippen LogP contribution in [0.5, 0.6) is 0 Å². The van der Waals surface area contributed by atoms with Gasteiger partial charge in [-0.25, -0.2) is 4.39 Å². The van der Waals surface area contributed by atoms with Crippen molar-refractivity contribution in [2.75, 3.05) is 5.88 Å². The van der Waals surface area contributed by atoms with Gasteiger partial charge >= 0.3 is 0 Å². The van der Waals surface area contributed by atoms with Crippen molar-refractivity contribution in [2.24, 2.45) is 5.41 Å². The van der Waals surface area contributed by atoms with Crippen LogP contribution in [0, 0.1) is 5.41 Å². The molecule has 0 nitrogen and oxygen atoms in total. The zero-order chi connectivity index (χ0) is 14.1. The Hall–Kier alpha value is 1.67. The predicted molar refractivity (Wildman–Crippen MR) is 78.2 cm³/mol. The molecule has 0 aliphatic heterocycles. The lowest BCUT2D eigenvalue weighted by molar-refractivity contribution is 0.209. The summed E-state index contributed by atoms with van der Waals surface area (Å²) >= 11 is 34.9. The maximum absolute atomic E-state index is 14.2. The zero-order valence-corrected chi connectivity index (χ0v) is 14.3. The lowest BCUT2D eigenvalue weighted by Gasteiger charge is -2.41. The van der Waals surface area contributed by atoms with Crippen LogP contribution in [-0.4, -0.2) is 26.1 Å². The molecule has 0 saturated heterocycles. The third-order valence-corrected chi connectivity index (χ3v) is 5.64.